The standard InChI is InChI=1S/C37H42N4O4S/c1-25-21-41(26(2)24-42)37(44)31-15-10-16-32(39-36(43)34(38)28-11-6-4-7-12-28)35(31)45-33(25)23-40(3)22-27-17-19-30(20-18-27)46-29-13-8-5-9-14-29/h4-20,25-26,33-34,42H,21-24,38H2,1-3H3,(H,39,43)/t25-,26?,33-,34?/m1/s1. The van der Waals surface area contributed by atoms with Crippen LogP contribution in [0.4, 0.5) is 5.69 Å². The van der Waals surface area contributed by atoms with E-state index in [1.807, 2.05) is 50.4 Å². The lowest BCUT2D eigenvalue weighted by Gasteiger charge is -2.38. The zero-order chi connectivity index (χ0) is 32.6. The first kappa shape index (κ1) is 33.2. The van der Waals surface area contributed by atoms with Crippen LogP contribution in [0.25, 0.3) is 0 Å². The van der Waals surface area contributed by atoms with Gasteiger partial charge in [-0.15, -0.1) is 0 Å². The number of likely N-dealkylation sites (N-methyl/N-ethyl adjacent to an activating group) is 1. The van der Waals surface area contributed by atoms with Gasteiger partial charge < -0.3 is 25.8 Å². The van der Waals surface area contributed by atoms with Crippen molar-refractivity contribution >= 4 is 29.3 Å². The summed E-state index contributed by atoms with van der Waals surface area (Å²) in [5.41, 5.74) is 8.86. The van der Waals surface area contributed by atoms with E-state index in [2.05, 4.69) is 53.5 Å². The number of amides is 2. The molecule has 4 aromatic rings. The predicted molar refractivity (Wildman–Crippen MR) is 183 cm³/mol. The maximum atomic E-state index is 13.8. The Labute approximate surface area is 275 Å². The number of aliphatic hydroxyl groups excluding tert-OH is 1. The van der Waals surface area contributed by atoms with Gasteiger partial charge in [-0.3, -0.25) is 14.5 Å². The minimum atomic E-state index is -0.898. The van der Waals surface area contributed by atoms with E-state index < -0.39 is 18.0 Å². The lowest BCUT2D eigenvalue weighted by molar-refractivity contribution is -0.117. The van der Waals surface area contributed by atoms with Crippen LogP contribution in [-0.4, -0.2) is 65.6 Å². The molecule has 240 valence electrons. The van der Waals surface area contributed by atoms with Crippen LogP contribution in [0.1, 0.15) is 41.4 Å². The number of nitrogens with two attached hydrogens (primary N) is 1. The minimum Gasteiger partial charge on any atom is -0.486 e. The molecule has 46 heavy (non-hydrogen) atoms. The van der Waals surface area contributed by atoms with Crippen LogP contribution in [0.3, 0.4) is 0 Å². The number of aliphatic hydroxyl groups is 1. The van der Waals surface area contributed by atoms with Gasteiger partial charge in [0.2, 0.25) is 5.91 Å². The van der Waals surface area contributed by atoms with E-state index >= 15 is 0 Å². The molecule has 0 spiro atoms. The highest BCUT2D eigenvalue weighted by atomic mass is 32.2. The van der Waals surface area contributed by atoms with Gasteiger partial charge in [0.1, 0.15) is 12.1 Å². The first-order valence-corrected chi connectivity index (χ1v) is 16.4. The highest BCUT2D eigenvalue weighted by molar-refractivity contribution is 7.99. The SMILES string of the molecule is CC(CO)N1C[C@@H](C)[C@@H](CN(C)Cc2ccc(Sc3ccccc3)cc2)Oc2c(NC(=O)C(N)c3ccccc3)cccc2C1=O. The van der Waals surface area contributed by atoms with Crippen LogP contribution in [0.5, 0.6) is 5.75 Å². The van der Waals surface area contributed by atoms with Crippen LogP contribution in [0.2, 0.25) is 0 Å². The zero-order valence-electron chi connectivity index (χ0n) is 26.5. The fourth-order valence-electron chi connectivity index (χ4n) is 5.55. The normalized spacial score (nSPS) is 17.8. The van der Waals surface area contributed by atoms with Gasteiger partial charge in [0.15, 0.2) is 5.75 Å². The van der Waals surface area contributed by atoms with Gasteiger partial charge in [-0.2, -0.15) is 0 Å². The lowest BCUT2D eigenvalue weighted by Crippen LogP contribution is -2.49. The fraction of sp³-hybridized carbons (Fsp3) is 0.297. The average Bonchev–Trinajstić information content (AvgIpc) is 3.07. The van der Waals surface area contributed by atoms with Crippen LogP contribution in [-0.2, 0) is 11.3 Å². The van der Waals surface area contributed by atoms with E-state index in [1.165, 1.54) is 15.4 Å². The summed E-state index contributed by atoms with van der Waals surface area (Å²) < 4.78 is 6.68. The molecule has 4 aromatic carbocycles. The van der Waals surface area contributed by atoms with Crippen molar-refractivity contribution in [1.82, 2.24) is 9.80 Å². The number of nitrogens with one attached hydrogen (secondary N) is 1. The number of anilines is 1. The first-order chi connectivity index (χ1) is 22.2. The van der Waals surface area contributed by atoms with Crippen molar-refractivity contribution < 1.29 is 19.4 Å². The molecule has 0 radical (unpaired) electrons. The monoisotopic (exact) mass is 638 g/mol. The molecular formula is C37H42N4O4S. The number of hydrogen-bond donors (Lipinski definition) is 3. The molecule has 2 amide bonds. The minimum absolute atomic E-state index is 0.0754. The Morgan fingerprint density at radius 2 is 1.65 bits per heavy atom. The molecule has 0 saturated carbocycles. The van der Waals surface area contributed by atoms with Crippen molar-refractivity contribution in [2.24, 2.45) is 11.7 Å². The summed E-state index contributed by atoms with van der Waals surface area (Å²) in [5, 5.41) is 12.9. The molecule has 0 aliphatic carbocycles. The Hall–Kier alpha value is -4.15. The summed E-state index contributed by atoms with van der Waals surface area (Å²) in [5.74, 6) is -0.432. The third kappa shape index (κ3) is 8.16. The molecule has 0 fully saturated rings. The van der Waals surface area contributed by atoms with Gasteiger partial charge >= 0.3 is 0 Å². The molecule has 1 heterocycles. The molecule has 9 heteroatoms. The molecule has 0 aromatic heterocycles. The largest absolute Gasteiger partial charge is 0.486 e. The highest BCUT2D eigenvalue weighted by Crippen LogP contribution is 2.35. The Morgan fingerprint density at radius 3 is 2.33 bits per heavy atom. The number of fused-ring (bicyclic) bond motifs is 1. The van der Waals surface area contributed by atoms with Gasteiger partial charge in [-0.1, -0.05) is 85.4 Å². The zero-order valence-corrected chi connectivity index (χ0v) is 27.3. The summed E-state index contributed by atoms with van der Waals surface area (Å²) in [6.07, 6.45) is -0.320. The summed E-state index contributed by atoms with van der Waals surface area (Å²) in [4.78, 5) is 33.4. The van der Waals surface area contributed by atoms with E-state index in [4.69, 9.17) is 10.5 Å². The second-order valence-corrected chi connectivity index (χ2v) is 13.1. The quantitative estimate of drug-likeness (QED) is 0.190. The Morgan fingerprint density at radius 1 is 1.00 bits per heavy atom. The maximum absolute atomic E-state index is 13.8. The lowest BCUT2D eigenvalue weighted by atomic mass is 9.98. The second kappa shape index (κ2) is 15.4. The summed E-state index contributed by atoms with van der Waals surface area (Å²) in [6.45, 7) is 5.41. The molecule has 1 aliphatic rings. The fourth-order valence-corrected chi connectivity index (χ4v) is 6.39. The second-order valence-electron chi connectivity index (χ2n) is 11.9. The van der Waals surface area contributed by atoms with Crippen molar-refractivity contribution in [3.63, 3.8) is 0 Å². The highest BCUT2D eigenvalue weighted by Gasteiger charge is 2.35. The van der Waals surface area contributed by atoms with Gasteiger partial charge in [-0.25, -0.2) is 0 Å². The van der Waals surface area contributed by atoms with Crippen LogP contribution < -0.4 is 15.8 Å². The molecule has 4 atom stereocenters. The number of ether oxygens (including phenoxy) is 1. The summed E-state index contributed by atoms with van der Waals surface area (Å²) in [7, 11) is 2.05. The summed E-state index contributed by atoms with van der Waals surface area (Å²) >= 11 is 1.73. The number of para-hydroxylation sites is 1. The van der Waals surface area contributed by atoms with Crippen LogP contribution in [0.15, 0.2) is 113 Å². The first-order valence-electron chi connectivity index (χ1n) is 15.6. The van der Waals surface area contributed by atoms with Crippen LogP contribution in [0, 0.1) is 5.92 Å². The van der Waals surface area contributed by atoms with E-state index in [1.54, 1.807) is 47.0 Å². The third-order valence-corrected chi connectivity index (χ3v) is 9.25. The third-order valence-electron chi connectivity index (χ3n) is 8.24. The van der Waals surface area contributed by atoms with Gasteiger partial charge in [0, 0.05) is 35.3 Å². The summed E-state index contributed by atoms with van der Waals surface area (Å²) in [6, 6.07) is 31.9. The number of benzene rings is 4. The Kier molecular flexibility index (Phi) is 11.1. The molecule has 0 bridgehead atoms. The molecule has 8 nitrogen and oxygen atoms in total. The van der Waals surface area contributed by atoms with Crippen molar-refractivity contribution in [2.45, 2.75) is 48.4 Å². The number of hydrogen-bond acceptors (Lipinski definition) is 7. The number of carbonyl (C=O) groups is 2. The van der Waals surface area contributed by atoms with Crippen molar-refractivity contribution in [3.05, 3.63) is 120 Å². The number of carbonyl (C=O) groups excluding carboxylic acids is 2. The Balaban J connectivity index is 1.36. The molecule has 4 N–H and O–H groups in total. The predicted octanol–water partition coefficient (Wildman–Crippen LogP) is 5.83. The van der Waals surface area contributed by atoms with Gasteiger partial charge in [-0.05, 0) is 61.5 Å². The molecular weight excluding hydrogens is 596 g/mol. The van der Waals surface area contributed by atoms with Gasteiger partial charge in [0.25, 0.3) is 5.91 Å². The van der Waals surface area contributed by atoms with Crippen molar-refractivity contribution in [2.75, 3.05) is 32.1 Å². The average molecular weight is 639 g/mol. The van der Waals surface area contributed by atoms with E-state index in [0.29, 0.717) is 42.2 Å². The van der Waals surface area contributed by atoms with E-state index in [-0.39, 0.29) is 24.5 Å². The molecule has 1 aliphatic heterocycles. The molecule has 2 unspecified atom stereocenters. The van der Waals surface area contributed by atoms with Crippen molar-refractivity contribution in [3.8, 4) is 5.75 Å². The van der Waals surface area contributed by atoms with Gasteiger partial charge in [0.05, 0.1) is 23.9 Å². The molecule has 0 saturated heterocycles. The Bertz CT molecular complexity index is 1600. The molecule has 5 rings (SSSR count). The smallest absolute Gasteiger partial charge is 0.258 e. The number of nitrogens with zero attached hydrogens (tertiary/aromatic N) is 2. The maximum Gasteiger partial charge on any atom is 0.258 e. The van der Waals surface area contributed by atoms with Crippen molar-refractivity contribution in [1.29, 1.82) is 0 Å². The van der Waals surface area contributed by atoms with E-state index in [9.17, 15) is 14.7 Å². The van der Waals surface area contributed by atoms with Crippen LogP contribution >= 0.6 is 11.8 Å². The number of rotatable bonds is 11. The van der Waals surface area contributed by atoms with E-state index in [0.717, 1.165) is 0 Å². The topological polar surface area (TPSA) is 108 Å².